The first kappa shape index (κ1) is 23.8. The van der Waals surface area contributed by atoms with E-state index in [1.165, 1.54) is 42.5 Å². The van der Waals surface area contributed by atoms with Crippen LogP contribution in [0.2, 0.25) is 0 Å². The normalized spacial score (nSPS) is 16.0. The van der Waals surface area contributed by atoms with E-state index in [4.69, 9.17) is 9.15 Å². The van der Waals surface area contributed by atoms with Crippen LogP contribution in [-0.2, 0) is 11.2 Å². The number of aliphatic hydroxyl groups is 1. The number of carboxylic acid groups (broad SMARTS) is 1. The number of ether oxygens (including phenoxy) is 1. The van der Waals surface area contributed by atoms with Crippen LogP contribution < -0.4 is 9.64 Å². The molecule has 2 amide bonds. The Balaban J connectivity index is 1.79. The van der Waals surface area contributed by atoms with Crippen LogP contribution in [0.4, 0.5) is 9.80 Å². The number of carbonyl (C=O) groups excluding carboxylic acids is 1. The number of nitrogens with zero attached hydrogens (tertiary/aromatic N) is 3. The van der Waals surface area contributed by atoms with Gasteiger partial charge in [-0.25, -0.2) is 14.6 Å². The molecule has 1 aromatic carbocycles. The van der Waals surface area contributed by atoms with Crippen molar-refractivity contribution in [1.82, 2.24) is 9.88 Å². The number of hydrogen-bond donors (Lipinski definition) is 2. The van der Waals surface area contributed by atoms with E-state index in [2.05, 4.69) is 4.98 Å². The average Bonchev–Trinajstić information content (AvgIpc) is 3.43. The fourth-order valence-electron chi connectivity index (χ4n) is 4.09. The molecule has 34 heavy (non-hydrogen) atoms. The van der Waals surface area contributed by atoms with Crippen molar-refractivity contribution in [2.24, 2.45) is 0 Å². The maximum Gasteiger partial charge on any atom is 0.329 e. The van der Waals surface area contributed by atoms with E-state index in [9.17, 15) is 19.8 Å². The fourth-order valence-corrected chi connectivity index (χ4v) is 5.38. The molecule has 0 bridgehead atoms. The predicted octanol–water partition coefficient (Wildman–Crippen LogP) is 4.45. The van der Waals surface area contributed by atoms with Crippen molar-refractivity contribution in [2.45, 2.75) is 45.9 Å². The molecule has 9 nitrogen and oxygen atoms in total. The van der Waals surface area contributed by atoms with Crippen molar-refractivity contribution >= 4 is 28.3 Å². The molecular weight excluding hydrogens is 458 g/mol. The third-order valence-electron chi connectivity index (χ3n) is 5.99. The second-order valence-electron chi connectivity index (χ2n) is 8.45. The van der Waals surface area contributed by atoms with Crippen LogP contribution in [-0.4, -0.2) is 50.8 Å². The lowest BCUT2D eigenvalue weighted by atomic mass is 9.98. The van der Waals surface area contributed by atoms with Gasteiger partial charge in [0.2, 0.25) is 5.89 Å². The number of carbonyl (C=O) groups is 2. The molecule has 0 radical (unpaired) electrons. The Kier molecular flexibility index (Phi) is 6.37. The molecule has 0 saturated carbocycles. The van der Waals surface area contributed by atoms with Crippen molar-refractivity contribution in [3.05, 3.63) is 53.4 Å². The number of aromatic nitrogens is 1. The third kappa shape index (κ3) is 3.92. The molecule has 0 spiro atoms. The van der Waals surface area contributed by atoms with Gasteiger partial charge in [-0.05, 0) is 51.3 Å². The summed E-state index contributed by atoms with van der Waals surface area (Å²) in [5.41, 5.74) is 0.446. The van der Waals surface area contributed by atoms with Gasteiger partial charge in [0.15, 0.2) is 6.23 Å². The Labute approximate surface area is 201 Å². The maximum absolute atomic E-state index is 13.7. The average molecular weight is 486 g/mol. The summed E-state index contributed by atoms with van der Waals surface area (Å²) >= 11 is 1.29. The molecule has 0 fully saturated rings. The molecule has 1 unspecified atom stereocenters. The molecule has 0 saturated heterocycles. The molecule has 1 aliphatic heterocycles. The van der Waals surface area contributed by atoms with Crippen molar-refractivity contribution < 1.29 is 29.0 Å². The second kappa shape index (κ2) is 9.11. The van der Waals surface area contributed by atoms with Crippen molar-refractivity contribution in [1.29, 1.82) is 0 Å². The van der Waals surface area contributed by atoms with E-state index in [0.29, 0.717) is 39.9 Å². The summed E-state index contributed by atoms with van der Waals surface area (Å²) in [7, 11) is 0. The molecule has 10 heteroatoms. The molecule has 0 aliphatic carbocycles. The number of urea groups is 1. The molecular formula is C24H27N3O6S. The lowest BCUT2D eigenvalue weighted by molar-refractivity contribution is -0.153. The van der Waals surface area contributed by atoms with Crippen LogP contribution in [0.25, 0.3) is 10.8 Å². The van der Waals surface area contributed by atoms with Gasteiger partial charge in [0.05, 0.1) is 17.7 Å². The van der Waals surface area contributed by atoms with E-state index in [1.807, 2.05) is 38.1 Å². The first-order valence-electron chi connectivity index (χ1n) is 10.9. The zero-order chi connectivity index (χ0) is 24.6. The molecule has 1 aliphatic rings. The molecule has 3 aromatic rings. The molecule has 3 heterocycles. The van der Waals surface area contributed by atoms with Gasteiger partial charge < -0.3 is 19.4 Å². The highest BCUT2D eigenvalue weighted by molar-refractivity contribution is 7.20. The van der Waals surface area contributed by atoms with E-state index in [1.54, 1.807) is 0 Å². The minimum absolute atomic E-state index is 0.264. The highest BCUT2D eigenvalue weighted by Crippen LogP contribution is 2.49. The molecule has 2 N–H and O–H groups in total. The van der Waals surface area contributed by atoms with Crippen LogP contribution >= 0.6 is 11.3 Å². The zero-order valence-corrected chi connectivity index (χ0v) is 20.3. The summed E-state index contributed by atoms with van der Waals surface area (Å²) in [6.45, 7) is 7.30. The molecule has 4 rings (SSSR count). The summed E-state index contributed by atoms with van der Waals surface area (Å²) in [5.74, 6) is -0.103. The largest absolute Gasteiger partial charge is 0.494 e. The van der Waals surface area contributed by atoms with Crippen LogP contribution in [0.5, 0.6) is 5.75 Å². The summed E-state index contributed by atoms with van der Waals surface area (Å²) in [6, 6.07) is 7.02. The van der Waals surface area contributed by atoms with Gasteiger partial charge in [0.1, 0.15) is 22.6 Å². The minimum atomic E-state index is -1.65. The number of fused-ring (bicyclic) bond motifs is 1. The van der Waals surface area contributed by atoms with E-state index in [0.717, 1.165) is 16.2 Å². The van der Waals surface area contributed by atoms with Gasteiger partial charge in [0, 0.05) is 12.1 Å². The van der Waals surface area contributed by atoms with Gasteiger partial charge in [-0.1, -0.05) is 18.2 Å². The number of carboxylic acids is 1. The van der Waals surface area contributed by atoms with E-state index < -0.39 is 23.8 Å². The summed E-state index contributed by atoms with van der Waals surface area (Å²) in [5, 5.41) is 21.6. The highest BCUT2D eigenvalue weighted by Gasteiger charge is 2.49. The first-order chi connectivity index (χ1) is 16.2. The first-order valence-corrected chi connectivity index (χ1v) is 11.8. The maximum atomic E-state index is 13.7. The quantitative estimate of drug-likeness (QED) is 0.484. The number of aliphatic hydroxyl groups excluding tert-OH is 1. The Morgan fingerprint density at radius 3 is 2.71 bits per heavy atom. The Morgan fingerprint density at radius 1 is 1.32 bits per heavy atom. The lowest BCUT2D eigenvalue weighted by Gasteiger charge is -2.45. The van der Waals surface area contributed by atoms with Crippen LogP contribution in [0.15, 0.2) is 41.1 Å². The number of thiophene rings is 1. The predicted molar refractivity (Wildman–Crippen MR) is 127 cm³/mol. The SMILES string of the molecule is CCOc1ccccc1CCN1C(=O)N(C(C)(C)C(=O)O)C(O)c2c1sc(-c1ncco1)c2C. The van der Waals surface area contributed by atoms with Gasteiger partial charge in [0.25, 0.3) is 0 Å². The summed E-state index contributed by atoms with van der Waals surface area (Å²) in [4.78, 5) is 33.1. The number of rotatable bonds is 8. The Hall–Kier alpha value is -3.37. The van der Waals surface area contributed by atoms with Crippen molar-refractivity contribution in [2.75, 3.05) is 18.1 Å². The molecule has 180 valence electrons. The zero-order valence-electron chi connectivity index (χ0n) is 19.4. The minimum Gasteiger partial charge on any atom is -0.494 e. The van der Waals surface area contributed by atoms with Crippen molar-refractivity contribution in [3.8, 4) is 16.5 Å². The number of oxazole rings is 1. The van der Waals surface area contributed by atoms with E-state index >= 15 is 0 Å². The number of aliphatic carboxylic acids is 1. The molecule has 1 atom stereocenters. The third-order valence-corrected chi connectivity index (χ3v) is 7.31. The standard InChI is InChI=1S/C24H27N3O6S/c1-5-32-16-9-7-6-8-15(16)10-12-26-21-17(14(2)18(34-21)19-25-11-13-33-19)20(28)27(23(26)31)24(3,4)22(29)30/h6-9,11,13,20,28H,5,10,12H2,1-4H3,(H,29,30). The molecule has 2 aromatic heterocycles. The number of amides is 2. The van der Waals surface area contributed by atoms with E-state index in [-0.39, 0.29) is 6.54 Å². The Bertz CT molecular complexity index is 1200. The van der Waals surface area contributed by atoms with Crippen LogP contribution in [0.3, 0.4) is 0 Å². The van der Waals surface area contributed by atoms with Gasteiger partial charge in [-0.15, -0.1) is 11.3 Å². The number of para-hydroxylation sites is 1. The number of benzene rings is 1. The van der Waals surface area contributed by atoms with Crippen LogP contribution in [0, 0.1) is 6.92 Å². The summed E-state index contributed by atoms with van der Waals surface area (Å²) < 4.78 is 11.2. The Morgan fingerprint density at radius 2 is 2.06 bits per heavy atom. The second-order valence-corrected chi connectivity index (χ2v) is 9.44. The van der Waals surface area contributed by atoms with Gasteiger partial charge in [-0.2, -0.15) is 0 Å². The summed E-state index contributed by atoms with van der Waals surface area (Å²) in [6.07, 6.45) is 2.03. The lowest BCUT2D eigenvalue weighted by Crippen LogP contribution is -2.60. The van der Waals surface area contributed by atoms with Crippen LogP contribution in [0.1, 0.15) is 43.7 Å². The number of anilines is 1. The van der Waals surface area contributed by atoms with Gasteiger partial charge in [-0.3, -0.25) is 9.80 Å². The fraction of sp³-hybridized carbons (Fsp3) is 0.375. The van der Waals surface area contributed by atoms with Crippen molar-refractivity contribution in [3.63, 3.8) is 0 Å². The highest BCUT2D eigenvalue weighted by atomic mass is 32.1. The van der Waals surface area contributed by atoms with Gasteiger partial charge >= 0.3 is 12.0 Å². The number of hydrogen-bond acceptors (Lipinski definition) is 7. The smallest absolute Gasteiger partial charge is 0.329 e. The monoisotopic (exact) mass is 485 g/mol. The topological polar surface area (TPSA) is 116 Å².